The van der Waals surface area contributed by atoms with Gasteiger partial charge in [0.25, 0.3) is 0 Å². The number of carboxylic acids is 1. The zero-order valence-corrected chi connectivity index (χ0v) is 23.3. The molecule has 1 aromatic carbocycles. The molecular formula is C25H32ClN5O3S2. The Kier molecular flexibility index (Phi) is 11.1. The van der Waals surface area contributed by atoms with Gasteiger partial charge in [-0.15, -0.1) is 23.7 Å². The number of thiazole rings is 1. The van der Waals surface area contributed by atoms with Gasteiger partial charge in [-0.2, -0.15) is 0 Å². The minimum atomic E-state index is -0.932. The highest BCUT2D eigenvalue weighted by molar-refractivity contribution is 8.03. The van der Waals surface area contributed by atoms with E-state index in [0.717, 1.165) is 33.3 Å². The normalized spacial score (nSPS) is 11.0. The van der Waals surface area contributed by atoms with E-state index < -0.39 is 10.7 Å². The van der Waals surface area contributed by atoms with Crippen molar-refractivity contribution in [2.24, 2.45) is 0 Å². The minimum absolute atomic E-state index is 0. The van der Waals surface area contributed by atoms with Crippen LogP contribution < -0.4 is 10.2 Å². The number of aromatic nitrogens is 3. The van der Waals surface area contributed by atoms with Gasteiger partial charge in [-0.1, -0.05) is 37.7 Å². The zero-order valence-electron chi connectivity index (χ0n) is 20.9. The van der Waals surface area contributed by atoms with E-state index in [1.165, 1.54) is 23.1 Å². The molecule has 1 amide bonds. The Morgan fingerprint density at radius 2 is 1.78 bits per heavy atom. The maximum absolute atomic E-state index is 11.6. The number of hydrogen-bond donors (Lipinski definition) is 2. The van der Waals surface area contributed by atoms with Crippen molar-refractivity contribution in [2.75, 3.05) is 16.8 Å². The number of carbonyl (C=O) groups is 2. The number of aliphatic carboxylic acids is 1. The van der Waals surface area contributed by atoms with Crippen LogP contribution in [-0.2, 0) is 29.0 Å². The Morgan fingerprint density at radius 3 is 2.36 bits per heavy atom. The summed E-state index contributed by atoms with van der Waals surface area (Å²) in [6, 6.07) is 7.78. The van der Waals surface area contributed by atoms with Crippen LogP contribution >= 0.6 is 35.5 Å². The van der Waals surface area contributed by atoms with Gasteiger partial charge in [0.15, 0.2) is 4.34 Å². The van der Waals surface area contributed by atoms with E-state index in [4.69, 9.17) is 0 Å². The predicted octanol–water partition coefficient (Wildman–Crippen LogP) is 5.47. The minimum Gasteiger partial charge on any atom is -0.480 e. The first-order valence-corrected chi connectivity index (χ1v) is 13.2. The van der Waals surface area contributed by atoms with Crippen molar-refractivity contribution in [1.82, 2.24) is 15.0 Å². The number of rotatable bonds is 12. The lowest BCUT2D eigenvalue weighted by Crippen LogP contribution is -2.27. The van der Waals surface area contributed by atoms with Gasteiger partial charge in [-0.25, -0.2) is 15.0 Å². The molecule has 0 bridgehead atoms. The summed E-state index contributed by atoms with van der Waals surface area (Å²) in [5, 5.41) is 14.2. The van der Waals surface area contributed by atoms with E-state index in [-0.39, 0.29) is 18.3 Å². The second kappa shape index (κ2) is 13.6. The molecule has 0 aliphatic carbocycles. The number of benzene rings is 1. The van der Waals surface area contributed by atoms with E-state index in [9.17, 15) is 14.7 Å². The highest BCUT2D eigenvalue weighted by Gasteiger charge is 2.29. The van der Waals surface area contributed by atoms with Crippen molar-refractivity contribution in [1.29, 1.82) is 0 Å². The summed E-state index contributed by atoms with van der Waals surface area (Å²) < 4.78 is -0.189. The van der Waals surface area contributed by atoms with E-state index in [0.29, 0.717) is 31.9 Å². The number of thioether (sulfide) groups is 1. The second-order valence-electron chi connectivity index (χ2n) is 8.54. The topological polar surface area (TPSA) is 108 Å². The fraction of sp³-hybridized carbons (Fsp3) is 0.400. The monoisotopic (exact) mass is 549 g/mol. The average Bonchev–Trinajstić information content (AvgIpc) is 3.29. The van der Waals surface area contributed by atoms with Crippen molar-refractivity contribution >= 4 is 59.0 Å². The summed E-state index contributed by atoms with van der Waals surface area (Å²) >= 11 is 2.72. The van der Waals surface area contributed by atoms with Crippen LogP contribution in [0, 0.1) is 0 Å². The molecular weight excluding hydrogens is 518 g/mol. The maximum Gasteiger partial charge on any atom is 0.319 e. The standard InChI is InChI=1S/C25H31N5O3S2.ClH/c1-5-17-13-26-23(27-14-17)30(15-18-7-9-19(10-8-18)28-21(31)6-2)12-11-20-16-34-24(29-20)35-25(3,4)22(32)33;/h7-10,13-14,16H,5-6,11-12,15H2,1-4H3,(H,28,31)(H,32,33);1H. The van der Waals surface area contributed by atoms with Crippen molar-refractivity contribution in [3.8, 4) is 0 Å². The third kappa shape index (κ3) is 8.46. The average molecular weight is 550 g/mol. The van der Waals surface area contributed by atoms with Crippen molar-refractivity contribution in [3.63, 3.8) is 0 Å². The molecule has 2 aromatic heterocycles. The molecule has 3 rings (SSSR count). The van der Waals surface area contributed by atoms with Crippen LogP contribution in [0.5, 0.6) is 0 Å². The fourth-order valence-electron chi connectivity index (χ4n) is 3.07. The lowest BCUT2D eigenvalue weighted by atomic mass is 10.2. The van der Waals surface area contributed by atoms with Gasteiger partial charge < -0.3 is 15.3 Å². The smallest absolute Gasteiger partial charge is 0.319 e. The van der Waals surface area contributed by atoms with Crippen LogP contribution in [0.1, 0.15) is 50.9 Å². The molecule has 0 aliphatic heterocycles. The van der Waals surface area contributed by atoms with Crippen molar-refractivity contribution in [3.05, 3.63) is 58.9 Å². The lowest BCUT2D eigenvalue weighted by Gasteiger charge is -2.22. The molecule has 0 aliphatic rings. The van der Waals surface area contributed by atoms with Gasteiger partial charge in [0.1, 0.15) is 4.75 Å². The molecule has 0 saturated heterocycles. The van der Waals surface area contributed by atoms with E-state index in [2.05, 4.69) is 32.1 Å². The number of amides is 1. The van der Waals surface area contributed by atoms with Crippen molar-refractivity contribution in [2.45, 2.75) is 62.6 Å². The van der Waals surface area contributed by atoms with Crippen LogP contribution in [0.25, 0.3) is 0 Å². The second-order valence-corrected chi connectivity index (χ2v) is 11.3. The SMILES string of the molecule is CCC(=O)Nc1ccc(CN(CCc2csc(SC(C)(C)C(=O)O)n2)c2ncc(CC)cn2)cc1.Cl. The Morgan fingerprint density at radius 1 is 1.11 bits per heavy atom. The van der Waals surface area contributed by atoms with Crippen LogP contribution in [-0.4, -0.2) is 43.2 Å². The van der Waals surface area contributed by atoms with Gasteiger partial charge >= 0.3 is 5.97 Å². The molecule has 0 spiro atoms. The molecule has 0 saturated carbocycles. The molecule has 8 nitrogen and oxygen atoms in total. The number of anilines is 2. The molecule has 11 heteroatoms. The summed E-state index contributed by atoms with van der Waals surface area (Å²) in [6.07, 6.45) is 5.69. The number of carbonyl (C=O) groups excluding carboxylic acids is 1. The Bertz CT molecular complexity index is 1140. The fourth-order valence-corrected chi connectivity index (χ4v) is 5.29. The Labute approximate surface area is 226 Å². The summed E-state index contributed by atoms with van der Waals surface area (Å²) in [5.74, 6) is -0.239. The van der Waals surface area contributed by atoms with Gasteiger partial charge in [0.05, 0.1) is 5.69 Å². The van der Waals surface area contributed by atoms with Gasteiger partial charge in [0.2, 0.25) is 11.9 Å². The maximum atomic E-state index is 11.6. The highest BCUT2D eigenvalue weighted by Crippen LogP contribution is 2.34. The first-order valence-electron chi connectivity index (χ1n) is 11.5. The largest absolute Gasteiger partial charge is 0.480 e. The van der Waals surface area contributed by atoms with Crippen LogP contribution in [0.15, 0.2) is 46.4 Å². The van der Waals surface area contributed by atoms with E-state index in [1.807, 2.05) is 49.0 Å². The molecule has 2 heterocycles. The number of halogens is 1. The van der Waals surface area contributed by atoms with Crippen LogP contribution in [0.2, 0.25) is 0 Å². The number of nitrogens with one attached hydrogen (secondary N) is 1. The van der Waals surface area contributed by atoms with Crippen LogP contribution in [0.4, 0.5) is 11.6 Å². The first kappa shape index (κ1) is 29.5. The van der Waals surface area contributed by atoms with E-state index in [1.54, 1.807) is 13.8 Å². The van der Waals surface area contributed by atoms with Gasteiger partial charge in [-0.3, -0.25) is 9.59 Å². The number of carboxylic acid groups (broad SMARTS) is 1. The highest BCUT2D eigenvalue weighted by atomic mass is 35.5. The third-order valence-electron chi connectivity index (χ3n) is 5.34. The molecule has 0 radical (unpaired) electrons. The number of nitrogens with zero attached hydrogens (tertiary/aromatic N) is 4. The molecule has 194 valence electrons. The zero-order chi connectivity index (χ0) is 25.4. The van der Waals surface area contributed by atoms with Gasteiger partial charge in [0, 0.05) is 49.4 Å². The first-order chi connectivity index (χ1) is 16.7. The van der Waals surface area contributed by atoms with Crippen molar-refractivity contribution < 1.29 is 14.7 Å². The Balaban J connectivity index is 0.00000456. The molecule has 3 aromatic rings. The summed E-state index contributed by atoms with van der Waals surface area (Å²) in [6.45, 7) is 8.50. The molecule has 0 unspecified atom stereocenters. The van der Waals surface area contributed by atoms with Crippen LogP contribution in [0.3, 0.4) is 0 Å². The predicted molar refractivity (Wildman–Crippen MR) is 148 cm³/mol. The quantitative estimate of drug-likeness (QED) is 0.286. The third-order valence-corrected chi connectivity index (χ3v) is 7.51. The molecule has 0 fully saturated rings. The van der Waals surface area contributed by atoms with E-state index >= 15 is 0 Å². The Hall–Kier alpha value is -2.69. The summed E-state index contributed by atoms with van der Waals surface area (Å²) in [5.41, 5.74) is 3.83. The van der Waals surface area contributed by atoms with Gasteiger partial charge in [-0.05, 0) is 43.5 Å². The molecule has 0 atom stereocenters. The number of aryl methyl sites for hydroxylation is 1. The summed E-state index contributed by atoms with van der Waals surface area (Å²) in [7, 11) is 0. The summed E-state index contributed by atoms with van der Waals surface area (Å²) in [4.78, 5) is 38.9. The number of hydrogen-bond acceptors (Lipinski definition) is 8. The molecule has 2 N–H and O–H groups in total. The molecule has 36 heavy (non-hydrogen) atoms. The lowest BCUT2D eigenvalue weighted by molar-refractivity contribution is -0.138.